The third kappa shape index (κ3) is 4.38. The van der Waals surface area contributed by atoms with Gasteiger partial charge in [-0.25, -0.2) is 4.79 Å². The summed E-state index contributed by atoms with van der Waals surface area (Å²) in [6, 6.07) is 0.276. The minimum atomic E-state index is -0.771. The van der Waals surface area contributed by atoms with Crippen molar-refractivity contribution in [1.82, 2.24) is 10.2 Å². The van der Waals surface area contributed by atoms with Crippen molar-refractivity contribution in [2.75, 3.05) is 32.1 Å². The number of nitrogens with one attached hydrogen (secondary N) is 2. The Morgan fingerprint density at radius 3 is 2.64 bits per heavy atom. The molecule has 0 aromatic carbocycles. The maximum atomic E-state index is 12.2. The quantitative estimate of drug-likeness (QED) is 0.611. The summed E-state index contributed by atoms with van der Waals surface area (Å²) >= 11 is 1.26. The number of methoxy groups -OCH3 is 1. The lowest BCUT2D eigenvalue weighted by Gasteiger charge is -2.22. The largest absolute Gasteiger partial charge is 0.465 e. The Morgan fingerprint density at radius 1 is 1.28 bits per heavy atom. The zero-order chi connectivity index (χ0) is 18.6. The number of likely N-dealkylation sites (N-methyl/N-ethyl adjacent to an activating group) is 1. The van der Waals surface area contributed by atoms with Crippen molar-refractivity contribution in [3.63, 3.8) is 0 Å². The minimum absolute atomic E-state index is 0.276. The summed E-state index contributed by atoms with van der Waals surface area (Å²) in [7, 11) is 1.29. The van der Waals surface area contributed by atoms with E-state index in [0.29, 0.717) is 17.1 Å². The Morgan fingerprint density at radius 2 is 2.00 bits per heavy atom. The molecule has 7 nitrogen and oxygen atoms in total. The summed E-state index contributed by atoms with van der Waals surface area (Å²) < 4.78 is 4.76. The molecule has 0 aliphatic carbocycles. The van der Waals surface area contributed by atoms with Crippen LogP contribution >= 0.6 is 11.3 Å². The van der Waals surface area contributed by atoms with Crippen LogP contribution in [0.1, 0.15) is 40.6 Å². The SMILES string of the molecule is CCN1CCC[C@@H]1CNC(=O)C(=O)Nc1sc(C)c(C)c1C(=O)OC. The number of carbonyl (C=O) groups excluding carboxylic acids is 3. The lowest BCUT2D eigenvalue weighted by atomic mass is 10.1. The fourth-order valence-corrected chi connectivity index (χ4v) is 4.10. The summed E-state index contributed by atoms with van der Waals surface area (Å²) in [5.41, 5.74) is 1.05. The fourth-order valence-electron chi connectivity index (χ4n) is 3.06. The van der Waals surface area contributed by atoms with E-state index in [-0.39, 0.29) is 6.04 Å². The normalized spacial score (nSPS) is 17.4. The number of amides is 2. The van der Waals surface area contributed by atoms with Crippen molar-refractivity contribution in [2.45, 2.75) is 39.7 Å². The molecule has 2 N–H and O–H groups in total. The molecule has 1 aliphatic heterocycles. The molecule has 1 aliphatic rings. The predicted octanol–water partition coefficient (Wildman–Crippen LogP) is 1.69. The molecule has 2 heterocycles. The van der Waals surface area contributed by atoms with Crippen LogP contribution in [-0.2, 0) is 14.3 Å². The van der Waals surface area contributed by atoms with E-state index in [2.05, 4.69) is 22.5 Å². The van der Waals surface area contributed by atoms with E-state index in [1.807, 2.05) is 6.92 Å². The maximum Gasteiger partial charge on any atom is 0.341 e. The molecular weight excluding hydrogens is 342 g/mol. The van der Waals surface area contributed by atoms with Gasteiger partial charge in [-0.15, -0.1) is 11.3 Å². The second kappa shape index (κ2) is 8.44. The van der Waals surface area contributed by atoms with Crippen molar-refractivity contribution in [3.8, 4) is 0 Å². The van der Waals surface area contributed by atoms with Crippen molar-refractivity contribution in [3.05, 3.63) is 16.0 Å². The zero-order valence-electron chi connectivity index (χ0n) is 15.1. The van der Waals surface area contributed by atoms with Crippen molar-refractivity contribution >= 4 is 34.1 Å². The number of nitrogens with zero attached hydrogens (tertiary/aromatic N) is 1. The van der Waals surface area contributed by atoms with E-state index in [9.17, 15) is 14.4 Å². The maximum absolute atomic E-state index is 12.2. The van der Waals surface area contributed by atoms with Crippen molar-refractivity contribution in [1.29, 1.82) is 0 Å². The molecule has 1 aromatic heterocycles. The first-order valence-corrected chi connectivity index (χ1v) is 9.22. The topological polar surface area (TPSA) is 87.7 Å². The van der Waals surface area contributed by atoms with Gasteiger partial charge < -0.3 is 15.4 Å². The van der Waals surface area contributed by atoms with E-state index < -0.39 is 17.8 Å². The number of ether oxygens (including phenoxy) is 1. The van der Waals surface area contributed by atoms with Crippen LogP contribution in [0.25, 0.3) is 0 Å². The number of aryl methyl sites for hydroxylation is 1. The van der Waals surface area contributed by atoms with Crippen LogP contribution in [0.3, 0.4) is 0 Å². The number of hydrogen-bond acceptors (Lipinski definition) is 6. The highest BCUT2D eigenvalue weighted by molar-refractivity contribution is 7.17. The number of rotatable bonds is 5. The van der Waals surface area contributed by atoms with Gasteiger partial charge in [0.1, 0.15) is 5.00 Å². The van der Waals surface area contributed by atoms with Gasteiger partial charge in [-0.2, -0.15) is 0 Å². The second-order valence-electron chi connectivity index (χ2n) is 6.07. The summed E-state index contributed by atoms with van der Waals surface area (Å²) in [4.78, 5) is 39.4. The number of anilines is 1. The van der Waals surface area contributed by atoms with Crippen LogP contribution in [-0.4, -0.2) is 55.5 Å². The first-order chi connectivity index (χ1) is 11.9. The smallest absolute Gasteiger partial charge is 0.341 e. The van der Waals surface area contributed by atoms with E-state index in [1.165, 1.54) is 18.4 Å². The molecule has 2 rings (SSSR count). The van der Waals surface area contributed by atoms with Crippen LogP contribution in [0.5, 0.6) is 0 Å². The Hall–Kier alpha value is -1.93. The Labute approximate surface area is 151 Å². The van der Waals surface area contributed by atoms with E-state index in [4.69, 9.17) is 4.74 Å². The molecule has 0 saturated carbocycles. The van der Waals surface area contributed by atoms with Gasteiger partial charge >= 0.3 is 17.8 Å². The average Bonchev–Trinajstić information content (AvgIpc) is 3.16. The van der Waals surface area contributed by atoms with Crippen LogP contribution in [0.4, 0.5) is 5.00 Å². The van der Waals surface area contributed by atoms with Crippen molar-refractivity contribution in [2.24, 2.45) is 0 Å². The standard InChI is InChI=1S/C17H25N3O4S/c1-5-20-8-6-7-12(20)9-18-14(21)15(22)19-16-13(17(23)24-4)10(2)11(3)25-16/h12H,5-9H2,1-4H3,(H,18,21)(H,19,22)/t12-/m1/s1. The lowest BCUT2D eigenvalue weighted by molar-refractivity contribution is -0.136. The fraction of sp³-hybridized carbons (Fsp3) is 0.588. The Balaban J connectivity index is 1.98. The molecule has 138 valence electrons. The molecule has 8 heteroatoms. The van der Waals surface area contributed by atoms with Gasteiger partial charge in [-0.1, -0.05) is 6.92 Å². The van der Waals surface area contributed by atoms with Gasteiger partial charge in [0.15, 0.2) is 0 Å². The first kappa shape index (κ1) is 19.4. The van der Waals surface area contributed by atoms with Crippen LogP contribution in [0.2, 0.25) is 0 Å². The number of likely N-dealkylation sites (tertiary alicyclic amines) is 1. The molecule has 2 amide bonds. The molecule has 1 aromatic rings. The van der Waals surface area contributed by atoms with E-state index in [1.54, 1.807) is 6.92 Å². The molecule has 0 bridgehead atoms. The van der Waals surface area contributed by atoms with Gasteiger partial charge in [0.05, 0.1) is 12.7 Å². The third-order valence-corrected chi connectivity index (χ3v) is 5.73. The predicted molar refractivity (Wildman–Crippen MR) is 97.0 cm³/mol. The number of esters is 1. The summed E-state index contributed by atoms with van der Waals surface area (Å²) in [6.45, 7) is 8.13. The van der Waals surface area contributed by atoms with E-state index in [0.717, 1.165) is 36.4 Å². The highest BCUT2D eigenvalue weighted by Crippen LogP contribution is 2.32. The lowest BCUT2D eigenvalue weighted by Crippen LogP contribution is -2.43. The molecular formula is C17H25N3O4S. The third-order valence-electron chi connectivity index (χ3n) is 4.61. The minimum Gasteiger partial charge on any atom is -0.465 e. The van der Waals surface area contributed by atoms with E-state index >= 15 is 0 Å². The van der Waals surface area contributed by atoms with Gasteiger partial charge in [-0.05, 0) is 45.3 Å². The van der Waals surface area contributed by atoms with Gasteiger partial charge in [0.25, 0.3) is 0 Å². The van der Waals surface area contributed by atoms with Gasteiger partial charge in [0.2, 0.25) is 0 Å². The average molecular weight is 367 g/mol. The highest BCUT2D eigenvalue weighted by Gasteiger charge is 2.26. The summed E-state index contributed by atoms with van der Waals surface area (Å²) in [5.74, 6) is -1.99. The van der Waals surface area contributed by atoms with Crippen molar-refractivity contribution < 1.29 is 19.1 Å². The molecule has 0 radical (unpaired) electrons. The Kier molecular flexibility index (Phi) is 6.55. The number of thiophene rings is 1. The number of carbonyl (C=O) groups is 3. The molecule has 1 saturated heterocycles. The van der Waals surface area contributed by atoms with Gasteiger partial charge in [0, 0.05) is 17.5 Å². The van der Waals surface area contributed by atoms with Crippen LogP contribution < -0.4 is 10.6 Å². The first-order valence-electron chi connectivity index (χ1n) is 8.40. The van der Waals surface area contributed by atoms with Crippen LogP contribution in [0.15, 0.2) is 0 Å². The van der Waals surface area contributed by atoms with Crippen LogP contribution in [0, 0.1) is 13.8 Å². The monoisotopic (exact) mass is 367 g/mol. The Bertz CT molecular complexity index is 671. The summed E-state index contributed by atoms with van der Waals surface area (Å²) in [5, 5.41) is 5.58. The molecule has 0 unspecified atom stereocenters. The molecule has 0 spiro atoms. The molecule has 1 fully saturated rings. The highest BCUT2D eigenvalue weighted by atomic mass is 32.1. The second-order valence-corrected chi connectivity index (χ2v) is 7.29. The molecule has 25 heavy (non-hydrogen) atoms. The van der Waals surface area contributed by atoms with Gasteiger partial charge in [-0.3, -0.25) is 14.5 Å². The number of hydrogen-bond donors (Lipinski definition) is 2. The molecule has 1 atom stereocenters. The summed E-state index contributed by atoms with van der Waals surface area (Å²) in [6.07, 6.45) is 2.13. The zero-order valence-corrected chi connectivity index (χ0v) is 15.9.